The number of nitrogens with zero attached hydrogens (tertiary/aromatic N) is 3. The van der Waals surface area contributed by atoms with Gasteiger partial charge < -0.3 is 14.2 Å². The predicted molar refractivity (Wildman–Crippen MR) is 144 cm³/mol. The van der Waals surface area contributed by atoms with Crippen LogP contribution in [0.2, 0.25) is 0 Å². The fourth-order valence-corrected chi connectivity index (χ4v) is 4.40. The molecule has 1 N–H and O–H groups in total. The molecule has 1 amide bonds. The lowest BCUT2D eigenvalue weighted by atomic mass is 10.1. The summed E-state index contributed by atoms with van der Waals surface area (Å²) in [5.41, 5.74) is 2.06. The molecule has 9 heteroatoms. The van der Waals surface area contributed by atoms with E-state index in [0.29, 0.717) is 35.6 Å². The molecule has 2 heterocycles. The molecule has 0 saturated heterocycles. The highest BCUT2D eigenvalue weighted by Crippen LogP contribution is 2.31. The molecule has 0 aliphatic carbocycles. The average molecular weight is 505 g/mol. The zero-order chi connectivity index (χ0) is 25.7. The van der Waals surface area contributed by atoms with Crippen LogP contribution in [0.5, 0.6) is 17.2 Å². The number of ether oxygens (including phenoxy) is 3. The summed E-state index contributed by atoms with van der Waals surface area (Å²) in [6.45, 7) is 8.48. The normalized spacial score (nSPS) is 16.1. The highest BCUT2D eigenvalue weighted by molar-refractivity contribution is 8.27. The minimum atomic E-state index is -0.440. The van der Waals surface area contributed by atoms with Crippen molar-refractivity contribution in [2.75, 3.05) is 20.3 Å². The van der Waals surface area contributed by atoms with Crippen LogP contribution < -0.4 is 14.2 Å². The van der Waals surface area contributed by atoms with Crippen molar-refractivity contribution in [3.05, 3.63) is 71.8 Å². The number of nitrogens with one attached hydrogen (secondary N) is 1. The maximum absolute atomic E-state index is 12.5. The van der Waals surface area contributed by atoms with E-state index in [2.05, 4.69) is 16.7 Å². The molecule has 8 nitrogen and oxygen atoms in total. The topological polar surface area (TPSA) is 96.6 Å². The molecule has 0 radical (unpaired) electrons. The predicted octanol–water partition coefficient (Wildman–Crippen LogP) is 5.16. The molecule has 186 valence electrons. The third kappa shape index (κ3) is 5.68. The number of rotatable bonds is 10. The van der Waals surface area contributed by atoms with Crippen molar-refractivity contribution in [2.24, 2.45) is 16.0 Å². The lowest BCUT2D eigenvalue weighted by molar-refractivity contribution is -0.114. The van der Waals surface area contributed by atoms with E-state index in [1.807, 2.05) is 62.4 Å². The summed E-state index contributed by atoms with van der Waals surface area (Å²) in [5.74, 6) is 1.78. The van der Waals surface area contributed by atoms with E-state index >= 15 is 0 Å². The molecular formula is C27H28N4O4S. The van der Waals surface area contributed by atoms with Gasteiger partial charge in [0.15, 0.2) is 17.3 Å². The molecule has 0 unspecified atom stereocenters. The molecule has 4 rings (SSSR count). The third-order valence-corrected chi connectivity index (χ3v) is 6.58. The van der Waals surface area contributed by atoms with Gasteiger partial charge in [0.25, 0.3) is 5.91 Å². The maximum Gasteiger partial charge on any atom is 0.283 e. The highest BCUT2D eigenvalue weighted by atomic mass is 32.2. The average Bonchev–Trinajstić information content (AvgIpc) is 3.30. The van der Waals surface area contributed by atoms with Crippen LogP contribution in [0.1, 0.15) is 25.0 Å². The first-order valence-electron chi connectivity index (χ1n) is 11.5. The Bertz CT molecular complexity index is 1270. The van der Waals surface area contributed by atoms with Gasteiger partial charge >= 0.3 is 0 Å². The summed E-state index contributed by atoms with van der Waals surface area (Å²) < 4.78 is 17.0. The van der Waals surface area contributed by atoms with Gasteiger partial charge in [0.1, 0.15) is 24.0 Å². The van der Waals surface area contributed by atoms with E-state index in [1.165, 1.54) is 16.8 Å². The zero-order valence-electron chi connectivity index (χ0n) is 20.5. The molecular weight excluding hydrogens is 476 g/mol. The Labute approximate surface area is 214 Å². The van der Waals surface area contributed by atoms with Crippen molar-refractivity contribution in [1.82, 2.24) is 5.01 Å². The van der Waals surface area contributed by atoms with Gasteiger partial charge in [-0.3, -0.25) is 10.2 Å². The van der Waals surface area contributed by atoms with Crippen LogP contribution >= 0.6 is 11.8 Å². The summed E-state index contributed by atoms with van der Waals surface area (Å²) in [6.07, 6.45) is 4.25. The number of allylic oxidation sites excluding steroid dienone is 1. The Morgan fingerprint density at radius 3 is 2.56 bits per heavy atom. The highest BCUT2D eigenvalue weighted by Gasteiger charge is 2.36. The van der Waals surface area contributed by atoms with Gasteiger partial charge in [0.05, 0.1) is 12.7 Å². The zero-order valence-corrected chi connectivity index (χ0v) is 21.3. The molecule has 0 aromatic heterocycles. The van der Waals surface area contributed by atoms with Gasteiger partial charge in [0.2, 0.25) is 5.17 Å². The van der Waals surface area contributed by atoms with E-state index in [0.717, 1.165) is 22.6 Å². The van der Waals surface area contributed by atoms with Gasteiger partial charge in [-0.2, -0.15) is 15.1 Å². The lowest BCUT2D eigenvalue weighted by Crippen LogP contribution is -2.35. The fourth-order valence-electron chi connectivity index (χ4n) is 3.50. The van der Waals surface area contributed by atoms with E-state index in [4.69, 9.17) is 19.6 Å². The van der Waals surface area contributed by atoms with Crippen molar-refractivity contribution in [3.63, 3.8) is 0 Å². The molecule has 36 heavy (non-hydrogen) atoms. The number of fused-ring (bicyclic) bond motifs is 1. The van der Waals surface area contributed by atoms with Crippen LogP contribution in [0, 0.1) is 11.3 Å². The molecule has 2 aliphatic rings. The number of amides is 1. The molecule has 2 aromatic carbocycles. The van der Waals surface area contributed by atoms with Crippen LogP contribution in [-0.2, 0) is 11.2 Å². The SMILES string of the molecule is C=CCc1ccc(OCCOc2ccc(/C=C3\C(=N)N4N=C(C(C)C)SC4=NC3=O)cc2)c(OC)c1. The van der Waals surface area contributed by atoms with Crippen molar-refractivity contribution < 1.29 is 19.0 Å². The van der Waals surface area contributed by atoms with E-state index < -0.39 is 5.91 Å². The van der Waals surface area contributed by atoms with Gasteiger partial charge in [-0.15, -0.1) is 6.58 Å². The smallest absolute Gasteiger partial charge is 0.283 e. The molecule has 0 bridgehead atoms. The number of carbonyl (C=O) groups is 1. The number of hydrogen-bond donors (Lipinski definition) is 1. The Morgan fingerprint density at radius 2 is 1.86 bits per heavy atom. The van der Waals surface area contributed by atoms with Crippen LogP contribution in [-0.4, -0.2) is 47.3 Å². The van der Waals surface area contributed by atoms with Crippen LogP contribution in [0.4, 0.5) is 0 Å². The van der Waals surface area contributed by atoms with Gasteiger partial charge in [0, 0.05) is 5.92 Å². The molecule has 0 atom stereocenters. The van der Waals surface area contributed by atoms with Gasteiger partial charge in [-0.25, -0.2) is 0 Å². The van der Waals surface area contributed by atoms with E-state index in [9.17, 15) is 4.79 Å². The van der Waals surface area contributed by atoms with Gasteiger partial charge in [-0.05, 0) is 59.7 Å². The van der Waals surface area contributed by atoms with Crippen molar-refractivity contribution in [2.45, 2.75) is 20.3 Å². The lowest BCUT2D eigenvalue weighted by Gasteiger charge is -2.20. The van der Waals surface area contributed by atoms with Crippen molar-refractivity contribution >= 4 is 39.8 Å². The van der Waals surface area contributed by atoms with E-state index in [1.54, 1.807) is 13.2 Å². The summed E-state index contributed by atoms with van der Waals surface area (Å²) in [4.78, 5) is 16.7. The first-order valence-corrected chi connectivity index (χ1v) is 12.3. The number of methoxy groups -OCH3 is 1. The molecule has 0 spiro atoms. The largest absolute Gasteiger partial charge is 0.493 e. The quantitative estimate of drug-likeness (QED) is 0.273. The number of benzene rings is 2. The second kappa shape index (κ2) is 11.3. The fraction of sp³-hybridized carbons (Fsp3) is 0.259. The standard InChI is InChI=1S/C27H28N4O4S/c1-5-6-18-9-12-22(23(16-18)33-4)35-14-13-34-20-10-7-19(8-11-20)15-21-24(28)31-27(29-25(21)32)36-26(30-31)17(2)3/h5,7-12,15-17,28H,1,6,13-14H2,2-4H3/b21-15+,28-24?. The molecule has 2 aromatic rings. The maximum atomic E-state index is 12.5. The van der Waals surface area contributed by atoms with Crippen molar-refractivity contribution in [1.29, 1.82) is 5.41 Å². The van der Waals surface area contributed by atoms with Crippen molar-refractivity contribution in [3.8, 4) is 17.2 Å². The number of thioether (sulfide) groups is 1. The second-order valence-electron chi connectivity index (χ2n) is 8.36. The Balaban J connectivity index is 1.34. The van der Waals surface area contributed by atoms with Crippen LogP contribution in [0.15, 0.2) is 70.8 Å². The second-order valence-corrected chi connectivity index (χ2v) is 9.34. The summed E-state index contributed by atoms with van der Waals surface area (Å²) in [7, 11) is 1.61. The Morgan fingerprint density at radius 1 is 1.11 bits per heavy atom. The summed E-state index contributed by atoms with van der Waals surface area (Å²) >= 11 is 1.33. The monoisotopic (exact) mass is 504 g/mol. The Hall–Kier alpha value is -3.85. The minimum absolute atomic E-state index is 0.0265. The summed E-state index contributed by atoms with van der Waals surface area (Å²) in [5, 5.41) is 15.6. The summed E-state index contributed by atoms with van der Waals surface area (Å²) in [6, 6.07) is 13.1. The van der Waals surface area contributed by atoms with E-state index in [-0.39, 0.29) is 17.3 Å². The number of carbonyl (C=O) groups excluding carboxylic acids is 1. The number of hydrazone groups is 1. The number of aliphatic imine (C=N–C) groups is 1. The van der Waals surface area contributed by atoms with Crippen LogP contribution in [0.25, 0.3) is 6.08 Å². The minimum Gasteiger partial charge on any atom is -0.493 e. The first kappa shape index (κ1) is 25.2. The molecule has 2 aliphatic heterocycles. The van der Waals surface area contributed by atoms with Crippen LogP contribution in [0.3, 0.4) is 0 Å². The number of amidine groups is 2. The molecule has 0 saturated carbocycles. The van der Waals surface area contributed by atoms with Gasteiger partial charge in [-0.1, -0.05) is 38.1 Å². The Kier molecular flexibility index (Phi) is 7.90. The first-order chi connectivity index (χ1) is 17.4. The number of hydrogen-bond acceptors (Lipinski definition) is 7. The third-order valence-electron chi connectivity index (χ3n) is 5.37. The molecule has 0 fully saturated rings.